The van der Waals surface area contributed by atoms with Crippen LogP contribution in [-0.2, 0) is 4.79 Å². The summed E-state index contributed by atoms with van der Waals surface area (Å²) in [6.45, 7) is 2.30. The molecule has 3 heteroatoms. The molecular weight excluding hydrogens is 224 g/mol. The van der Waals surface area contributed by atoms with Crippen LogP contribution in [0.1, 0.15) is 58.3 Å². The molecule has 1 aliphatic carbocycles. The zero-order chi connectivity index (χ0) is 12.5. The highest BCUT2D eigenvalue weighted by molar-refractivity contribution is 5.80. The summed E-state index contributed by atoms with van der Waals surface area (Å²) in [5, 5.41) is 6.92. The number of amides is 1. The fraction of sp³-hybridized carbons (Fsp3) is 0.933. The normalized spacial score (nSPS) is 43.7. The Labute approximate surface area is 110 Å². The van der Waals surface area contributed by atoms with Crippen LogP contribution in [0.15, 0.2) is 0 Å². The van der Waals surface area contributed by atoms with Crippen LogP contribution in [-0.4, -0.2) is 24.0 Å². The lowest BCUT2D eigenvalue weighted by molar-refractivity contribution is -0.126. The standard InChI is InChI=1S/C15H26N2O/c1-10-5-3-2-4-6-13(10)17-15(18)12-9-11-7-8-14(12)16-11/h10-14,16H,2-9H2,1H3,(H,17,18). The maximum absolute atomic E-state index is 12.4. The molecule has 2 heterocycles. The lowest BCUT2D eigenvalue weighted by atomic mass is 9.87. The molecule has 18 heavy (non-hydrogen) atoms. The Kier molecular flexibility index (Phi) is 3.60. The average Bonchev–Trinajstić information content (AvgIpc) is 2.93. The molecule has 0 radical (unpaired) electrons. The van der Waals surface area contributed by atoms with Crippen molar-refractivity contribution in [3.05, 3.63) is 0 Å². The van der Waals surface area contributed by atoms with E-state index in [0.717, 1.165) is 6.42 Å². The lowest BCUT2D eigenvalue weighted by Crippen LogP contribution is -2.45. The van der Waals surface area contributed by atoms with Gasteiger partial charge in [0.2, 0.25) is 5.91 Å². The van der Waals surface area contributed by atoms with E-state index >= 15 is 0 Å². The Balaban J connectivity index is 1.56. The predicted molar refractivity (Wildman–Crippen MR) is 72.2 cm³/mol. The molecule has 0 spiro atoms. The van der Waals surface area contributed by atoms with Crippen molar-refractivity contribution >= 4 is 5.91 Å². The maximum atomic E-state index is 12.4. The monoisotopic (exact) mass is 250 g/mol. The Bertz CT molecular complexity index is 318. The molecular formula is C15H26N2O. The quantitative estimate of drug-likeness (QED) is 0.738. The smallest absolute Gasteiger partial charge is 0.224 e. The lowest BCUT2D eigenvalue weighted by Gasteiger charge is -2.27. The second-order valence-corrected chi connectivity index (χ2v) is 6.62. The first kappa shape index (κ1) is 12.5. The van der Waals surface area contributed by atoms with E-state index in [9.17, 15) is 4.79 Å². The molecule has 3 nitrogen and oxygen atoms in total. The minimum absolute atomic E-state index is 0.249. The Morgan fingerprint density at radius 1 is 1.11 bits per heavy atom. The first-order chi connectivity index (χ1) is 8.74. The number of hydrogen-bond donors (Lipinski definition) is 2. The Hall–Kier alpha value is -0.570. The summed E-state index contributed by atoms with van der Waals surface area (Å²) in [7, 11) is 0. The van der Waals surface area contributed by atoms with E-state index in [1.54, 1.807) is 0 Å². The summed E-state index contributed by atoms with van der Waals surface area (Å²) in [4.78, 5) is 12.4. The van der Waals surface area contributed by atoms with Gasteiger partial charge in [-0.15, -0.1) is 0 Å². The average molecular weight is 250 g/mol. The van der Waals surface area contributed by atoms with Gasteiger partial charge in [0.15, 0.2) is 0 Å². The zero-order valence-electron chi connectivity index (χ0n) is 11.5. The van der Waals surface area contributed by atoms with Gasteiger partial charge in [0.05, 0.1) is 5.92 Å². The molecule has 0 aromatic rings. The molecule has 2 saturated heterocycles. The maximum Gasteiger partial charge on any atom is 0.224 e. The van der Waals surface area contributed by atoms with Gasteiger partial charge in [0, 0.05) is 18.1 Å². The number of fused-ring (bicyclic) bond motifs is 2. The van der Waals surface area contributed by atoms with E-state index in [2.05, 4.69) is 17.6 Å². The first-order valence-corrected chi connectivity index (χ1v) is 7.80. The minimum Gasteiger partial charge on any atom is -0.353 e. The van der Waals surface area contributed by atoms with Gasteiger partial charge in [-0.3, -0.25) is 4.79 Å². The summed E-state index contributed by atoms with van der Waals surface area (Å²) in [5.74, 6) is 1.23. The molecule has 5 unspecified atom stereocenters. The van der Waals surface area contributed by atoms with E-state index in [0.29, 0.717) is 30.0 Å². The van der Waals surface area contributed by atoms with Gasteiger partial charge in [-0.2, -0.15) is 0 Å². The van der Waals surface area contributed by atoms with Crippen LogP contribution in [0.25, 0.3) is 0 Å². The number of nitrogens with one attached hydrogen (secondary N) is 2. The second kappa shape index (κ2) is 5.20. The fourth-order valence-electron chi connectivity index (χ4n) is 4.11. The van der Waals surface area contributed by atoms with Gasteiger partial charge in [-0.05, 0) is 38.0 Å². The highest BCUT2D eigenvalue weighted by Crippen LogP contribution is 2.33. The SMILES string of the molecule is CC1CCCCCC1NC(=O)C1CC2CCC1N2. The summed E-state index contributed by atoms with van der Waals surface area (Å²) in [5.41, 5.74) is 0. The molecule has 0 aromatic heterocycles. The van der Waals surface area contributed by atoms with Crippen LogP contribution >= 0.6 is 0 Å². The van der Waals surface area contributed by atoms with Gasteiger partial charge in [-0.1, -0.05) is 26.2 Å². The highest BCUT2D eigenvalue weighted by Gasteiger charge is 2.43. The molecule has 2 bridgehead atoms. The van der Waals surface area contributed by atoms with Crippen LogP contribution in [0.4, 0.5) is 0 Å². The number of carbonyl (C=O) groups excluding carboxylic acids is 1. The van der Waals surface area contributed by atoms with Gasteiger partial charge < -0.3 is 10.6 Å². The molecule has 3 fully saturated rings. The number of hydrogen-bond acceptors (Lipinski definition) is 2. The molecule has 2 N–H and O–H groups in total. The second-order valence-electron chi connectivity index (χ2n) is 6.62. The molecule has 5 atom stereocenters. The van der Waals surface area contributed by atoms with E-state index < -0.39 is 0 Å². The topological polar surface area (TPSA) is 41.1 Å². The van der Waals surface area contributed by atoms with Crippen LogP contribution in [0.5, 0.6) is 0 Å². The third-order valence-corrected chi connectivity index (χ3v) is 5.33. The van der Waals surface area contributed by atoms with Crippen molar-refractivity contribution in [1.29, 1.82) is 0 Å². The summed E-state index contributed by atoms with van der Waals surface area (Å²) in [6.07, 6.45) is 9.95. The highest BCUT2D eigenvalue weighted by atomic mass is 16.2. The summed E-state index contributed by atoms with van der Waals surface area (Å²) in [6, 6.07) is 1.52. The largest absolute Gasteiger partial charge is 0.353 e. The molecule has 0 aromatic carbocycles. The molecule has 1 amide bonds. The van der Waals surface area contributed by atoms with E-state index in [-0.39, 0.29) is 5.92 Å². The third kappa shape index (κ3) is 2.42. The van der Waals surface area contributed by atoms with Crippen molar-refractivity contribution in [2.45, 2.75) is 76.4 Å². The molecule has 102 valence electrons. The van der Waals surface area contributed by atoms with Gasteiger partial charge in [0.25, 0.3) is 0 Å². The van der Waals surface area contributed by atoms with Crippen molar-refractivity contribution in [3.63, 3.8) is 0 Å². The van der Waals surface area contributed by atoms with Crippen molar-refractivity contribution in [1.82, 2.24) is 10.6 Å². The van der Waals surface area contributed by atoms with Gasteiger partial charge in [0.1, 0.15) is 0 Å². The van der Waals surface area contributed by atoms with E-state index in [1.807, 2.05) is 0 Å². The van der Waals surface area contributed by atoms with Crippen molar-refractivity contribution in [3.8, 4) is 0 Å². The Morgan fingerprint density at radius 2 is 1.94 bits per heavy atom. The van der Waals surface area contributed by atoms with Crippen LogP contribution in [0, 0.1) is 11.8 Å². The third-order valence-electron chi connectivity index (χ3n) is 5.33. The number of rotatable bonds is 2. The minimum atomic E-state index is 0.249. The van der Waals surface area contributed by atoms with E-state index in [4.69, 9.17) is 0 Å². The van der Waals surface area contributed by atoms with Crippen molar-refractivity contribution in [2.24, 2.45) is 11.8 Å². The Morgan fingerprint density at radius 3 is 2.67 bits per heavy atom. The van der Waals surface area contributed by atoms with Crippen LogP contribution in [0.3, 0.4) is 0 Å². The van der Waals surface area contributed by atoms with Crippen molar-refractivity contribution in [2.75, 3.05) is 0 Å². The molecule has 2 aliphatic heterocycles. The summed E-state index contributed by atoms with van der Waals surface area (Å²) >= 11 is 0. The van der Waals surface area contributed by atoms with E-state index in [1.165, 1.54) is 44.9 Å². The van der Waals surface area contributed by atoms with Gasteiger partial charge in [-0.25, -0.2) is 0 Å². The number of carbonyl (C=O) groups is 1. The molecule has 3 aliphatic rings. The van der Waals surface area contributed by atoms with Crippen LogP contribution in [0.2, 0.25) is 0 Å². The van der Waals surface area contributed by atoms with Crippen LogP contribution < -0.4 is 10.6 Å². The zero-order valence-corrected chi connectivity index (χ0v) is 11.5. The molecule has 3 rings (SSSR count). The van der Waals surface area contributed by atoms with Crippen molar-refractivity contribution < 1.29 is 4.79 Å². The predicted octanol–water partition coefficient (Wildman–Crippen LogP) is 2.21. The first-order valence-electron chi connectivity index (χ1n) is 7.80. The summed E-state index contributed by atoms with van der Waals surface area (Å²) < 4.78 is 0. The molecule has 1 saturated carbocycles. The fourth-order valence-corrected chi connectivity index (χ4v) is 4.11. The van der Waals surface area contributed by atoms with Gasteiger partial charge >= 0.3 is 0 Å².